The van der Waals surface area contributed by atoms with E-state index in [4.69, 9.17) is 5.73 Å². The number of fused-ring (bicyclic) bond motifs is 3. The van der Waals surface area contributed by atoms with Crippen LogP contribution in [0.5, 0.6) is 5.75 Å². The van der Waals surface area contributed by atoms with E-state index < -0.39 is 64.4 Å². The first kappa shape index (κ1) is 28.4. The van der Waals surface area contributed by atoms with Crippen molar-refractivity contribution in [3.63, 3.8) is 0 Å². The number of Topliss-reactive ketones (excluding diaryl/α,β-unsaturated/α-hetero) is 4. The number of hydrogen-bond donors (Lipinski definition) is 3. The van der Waals surface area contributed by atoms with E-state index in [0.717, 1.165) is 0 Å². The number of nitrogens with two attached hydrogens (primary N) is 1. The number of amides is 1. The Labute approximate surface area is 226 Å². The lowest BCUT2D eigenvalue weighted by Gasteiger charge is -2.52. The van der Waals surface area contributed by atoms with Crippen LogP contribution >= 0.6 is 0 Å². The number of likely N-dealkylation sites (N-methyl/N-ethyl adjacent to an activating group) is 1. The van der Waals surface area contributed by atoms with E-state index >= 15 is 0 Å². The molecule has 39 heavy (non-hydrogen) atoms. The molecule has 11 heteroatoms. The van der Waals surface area contributed by atoms with Crippen molar-refractivity contribution >= 4 is 34.7 Å². The third-order valence-corrected chi connectivity index (χ3v) is 8.14. The van der Waals surface area contributed by atoms with Gasteiger partial charge in [0.15, 0.2) is 34.7 Å². The molecule has 2 fully saturated rings. The molecule has 2 saturated carbocycles. The number of carbonyl (C=O) groups excluding carboxylic acids is 5. The molecule has 1 amide bonds. The normalized spacial score (nSPS) is 29.9. The summed E-state index contributed by atoms with van der Waals surface area (Å²) < 4.78 is 0. The minimum atomic E-state index is -2.75. The molecular weight excluding hydrogens is 504 g/mol. The molecule has 11 nitrogen and oxygen atoms in total. The van der Waals surface area contributed by atoms with Crippen LogP contribution < -0.4 is 10.6 Å². The van der Waals surface area contributed by atoms with Gasteiger partial charge in [-0.1, -0.05) is 11.8 Å². The number of benzene rings is 1. The molecule has 4 N–H and O–H groups in total. The smallest absolute Gasteiger partial charge is 0.235 e. The van der Waals surface area contributed by atoms with Gasteiger partial charge in [0.05, 0.1) is 29.6 Å². The largest absolute Gasteiger partial charge is 0.506 e. The molecule has 0 saturated heterocycles. The SMILES string of the molecule is CN(C)CC#Cc1cc(N(C)C)c2c(c1O)C(=O)C1C(=O)[C@]3(O)C(=O)C(C(N)=O)C(=O)[C@@H](N(C)C)[C@@H]3C[C@@H]1C2. The van der Waals surface area contributed by atoms with Crippen molar-refractivity contribution in [2.75, 3.05) is 53.7 Å². The van der Waals surface area contributed by atoms with E-state index in [-0.39, 0.29) is 29.7 Å². The van der Waals surface area contributed by atoms with Gasteiger partial charge < -0.3 is 20.8 Å². The molecule has 1 aromatic rings. The van der Waals surface area contributed by atoms with Crippen molar-refractivity contribution in [2.45, 2.75) is 24.5 Å². The first-order chi connectivity index (χ1) is 18.1. The maximum absolute atomic E-state index is 14.0. The van der Waals surface area contributed by atoms with Crippen molar-refractivity contribution in [3.05, 3.63) is 22.8 Å². The van der Waals surface area contributed by atoms with Crippen LogP contribution in [0.2, 0.25) is 0 Å². The van der Waals surface area contributed by atoms with Crippen molar-refractivity contribution in [1.82, 2.24) is 9.80 Å². The molecule has 3 aliphatic rings. The number of ketones is 4. The Hall–Kier alpha value is -3.59. The Morgan fingerprint density at radius 3 is 2.28 bits per heavy atom. The Morgan fingerprint density at radius 1 is 1.10 bits per heavy atom. The molecule has 0 heterocycles. The number of carbonyl (C=O) groups is 5. The molecule has 0 bridgehead atoms. The summed E-state index contributed by atoms with van der Waals surface area (Å²) in [5, 5.41) is 22.8. The standard InChI is InChI=1S/C28H34N4O7/c1-30(2)9-7-8-13-12-17(31(3)4)15-10-14-11-16-21(32(5)6)24(35)20(27(29)38)26(37)28(16,39)25(36)18(14)23(34)19(15)22(13)33/h12,14,16,18,20-21,33,39H,9-11H2,1-6H3,(H2,29,38)/t14-,16-,18?,20?,21-,28-/m0/s1. The monoisotopic (exact) mass is 538 g/mol. The van der Waals surface area contributed by atoms with Crippen LogP contribution in [0.15, 0.2) is 6.07 Å². The number of anilines is 1. The summed E-state index contributed by atoms with van der Waals surface area (Å²) in [6.45, 7) is 0.411. The summed E-state index contributed by atoms with van der Waals surface area (Å²) in [6.07, 6.45) is 0.195. The second kappa shape index (κ2) is 9.86. The predicted octanol–water partition coefficient (Wildman–Crippen LogP) is -1.15. The molecule has 2 unspecified atom stereocenters. The van der Waals surface area contributed by atoms with Gasteiger partial charge in [-0.05, 0) is 58.6 Å². The van der Waals surface area contributed by atoms with Crippen molar-refractivity contribution < 1.29 is 34.2 Å². The van der Waals surface area contributed by atoms with Crippen LogP contribution in [0.1, 0.15) is 27.9 Å². The van der Waals surface area contributed by atoms with E-state index in [1.165, 1.54) is 4.90 Å². The van der Waals surface area contributed by atoms with E-state index in [9.17, 15) is 34.2 Å². The van der Waals surface area contributed by atoms with E-state index in [1.54, 1.807) is 39.2 Å². The fourth-order valence-electron chi connectivity index (χ4n) is 6.44. The molecule has 208 valence electrons. The summed E-state index contributed by atoms with van der Waals surface area (Å²) in [6, 6.07) is 0.557. The fourth-order valence-corrected chi connectivity index (χ4v) is 6.44. The van der Waals surface area contributed by atoms with Crippen LogP contribution in [-0.4, -0.2) is 110 Å². The summed E-state index contributed by atoms with van der Waals surface area (Å²) >= 11 is 0. The quantitative estimate of drug-likeness (QED) is 0.315. The van der Waals surface area contributed by atoms with Gasteiger partial charge in [-0.15, -0.1) is 0 Å². The topological polar surface area (TPSA) is 162 Å². The predicted molar refractivity (Wildman–Crippen MR) is 141 cm³/mol. The van der Waals surface area contributed by atoms with E-state index in [1.807, 2.05) is 19.0 Å². The Bertz CT molecular complexity index is 1360. The minimum Gasteiger partial charge on any atom is -0.506 e. The highest BCUT2D eigenvalue weighted by molar-refractivity contribution is 6.32. The summed E-state index contributed by atoms with van der Waals surface area (Å²) in [7, 11) is 10.4. The molecule has 0 aliphatic heterocycles. The zero-order valence-corrected chi connectivity index (χ0v) is 22.9. The number of phenols is 1. The van der Waals surface area contributed by atoms with Crippen molar-refractivity contribution in [3.8, 4) is 17.6 Å². The highest BCUT2D eigenvalue weighted by Crippen LogP contribution is 2.52. The highest BCUT2D eigenvalue weighted by atomic mass is 16.3. The van der Waals surface area contributed by atoms with Gasteiger partial charge in [0.2, 0.25) is 5.91 Å². The van der Waals surface area contributed by atoms with Crippen LogP contribution in [0, 0.1) is 35.5 Å². The number of aliphatic hydroxyl groups is 1. The number of rotatable bonds is 4. The van der Waals surface area contributed by atoms with Crippen molar-refractivity contribution in [1.29, 1.82) is 0 Å². The lowest BCUT2D eigenvalue weighted by molar-refractivity contribution is -0.181. The summed E-state index contributed by atoms with van der Waals surface area (Å²) in [5.74, 6) is -4.90. The summed E-state index contributed by atoms with van der Waals surface area (Å²) in [4.78, 5) is 71.7. The summed E-state index contributed by atoms with van der Waals surface area (Å²) in [5.41, 5.74) is 3.93. The molecular formula is C28H34N4O7. The molecule has 0 spiro atoms. The maximum atomic E-state index is 14.0. The van der Waals surface area contributed by atoms with Gasteiger partial charge >= 0.3 is 0 Å². The molecule has 1 aromatic carbocycles. The second-order valence-corrected chi connectivity index (χ2v) is 11.4. The molecule has 0 aromatic heterocycles. The average molecular weight is 539 g/mol. The first-order valence-corrected chi connectivity index (χ1v) is 12.7. The van der Waals surface area contributed by atoms with Crippen LogP contribution in [0.4, 0.5) is 5.69 Å². The zero-order chi connectivity index (χ0) is 29.1. The number of primary amides is 1. The highest BCUT2D eigenvalue weighted by Gasteiger charge is 2.69. The Kier molecular flexibility index (Phi) is 7.19. The lowest BCUT2D eigenvalue weighted by atomic mass is 9.52. The average Bonchev–Trinajstić information content (AvgIpc) is 2.81. The second-order valence-electron chi connectivity index (χ2n) is 11.4. The van der Waals surface area contributed by atoms with Gasteiger partial charge in [-0.3, -0.25) is 33.8 Å². The Balaban J connectivity index is 1.88. The minimum absolute atomic E-state index is 0.00190. The molecule has 4 rings (SSSR count). The van der Waals surface area contributed by atoms with Gasteiger partial charge in [0.1, 0.15) is 5.75 Å². The lowest BCUT2D eigenvalue weighted by Crippen LogP contribution is -2.74. The van der Waals surface area contributed by atoms with E-state index in [2.05, 4.69) is 11.8 Å². The fraction of sp³-hybridized carbons (Fsp3) is 0.536. The number of aromatic hydroxyl groups is 1. The van der Waals surface area contributed by atoms with Gasteiger partial charge in [-0.25, -0.2) is 0 Å². The zero-order valence-electron chi connectivity index (χ0n) is 22.9. The van der Waals surface area contributed by atoms with Crippen LogP contribution in [0.3, 0.4) is 0 Å². The third-order valence-electron chi connectivity index (χ3n) is 8.14. The Morgan fingerprint density at radius 2 is 1.74 bits per heavy atom. The number of nitrogens with zero attached hydrogens (tertiary/aromatic N) is 3. The van der Waals surface area contributed by atoms with Gasteiger partial charge in [0.25, 0.3) is 0 Å². The molecule has 3 aliphatic carbocycles. The van der Waals surface area contributed by atoms with Gasteiger partial charge in [-0.2, -0.15) is 0 Å². The first-order valence-electron chi connectivity index (χ1n) is 12.7. The van der Waals surface area contributed by atoms with E-state index in [0.29, 0.717) is 17.8 Å². The van der Waals surface area contributed by atoms with Crippen LogP contribution in [-0.2, 0) is 25.6 Å². The van der Waals surface area contributed by atoms with Crippen LogP contribution in [0.25, 0.3) is 0 Å². The third kappa shape index (κ3) is 4.23. The van der Waals surface area contributed by atoms with Crippen molar-refractivity contribution in [2.24, 2.45) is 29.4 Å². The molecule has 0 radical (unpaired) electrons. The molecule has 6 atom stereocenters. The van der Waals surface area contributed by atoms with Gasteiger partial charge in [0, 0.05) is 25.7 Å². The number of phenolic OH excluding ortho intramolecular Hbond substituents is 1. The maximum Gasteiger partial charge on any atom is 0.235 e. The number of hydrogen-bond acceptors (Lipinski definition) is 10.